The van der Waals surface area contributed by atoms with E-state index in [1.807, 2.05) is 0 Å². The summed E-state index contributed by atoms with van der Waals surface area (Å²) in [6.45, 7) is 8.57. The minimum atomic E-state index is -0.954. The number of carbonyl (C=O) groups excluding carboxylic acids is 2. The SMILES string of the molecule is Cc1oc(C)c(C(=O)O[C@@H](C)C(=O)Nc2cccc(Cl)c2C)c1C. The van der Waals surface area contributed by atoms with Crippen molar-refractivity contribution in [2.45, 2.75) is 40.7 Å². The van der Waals surface area contributed by atoms with Crippen molar-refractivity contribution >= 4 is 29.2 Å². The predicted octanol–water partition coefficient (Wildman–Crippen LogP) is 4.35. The zero-order valence-corrected chi connectivity index (χ0v) is 15.1. The van der Waals surface area contributed by atoms with Gasteiger partial charge >= 0.3 is 5.97 Å². The van der Waals surface area contributed by atoms with Gasteiger partial charge in [-0.3, -0.25) is 4.79 Å². The van der Waals surface area contributed by atoms with Gasteiger partial charge in [-0.1, -0.05) is 17.7 Å². The Bertz CT molecular complexity index is 795. The zero-order chi connectivity index (χ0) is 18.0. The van der Waals surface area contributed by atoms with Crippen molar-refractivity contribution in [3.05, 3.63) is 51.4 Å². The Morgan fingerprint density at radius 2 is 1.79 bits per heavy atom. The second-order valence-corrected chi connectivity index (χ2v) is 6.07. The number of ether oxygens (including phenoxy) is 1. The maximum absolute atomic E-state index is 12.3. The maximum Gasteiger partial charge on any atom is 0.342 e. The highest BCUT2D eigenvalue weighted by Crippen LogP contribution is 2.24. The summed E-state index contributed by atoms with van der Waals surface area (Å²) in [7, 11) is 0. The van der Waals surface area contributed by atoms with Crippen molar-refractivity contribution in [1.82, 2.24) is 0 Å². The van der Waals surface area contributed by atoms with Crippen LogP contribution in [0.5, 0.6) is 0 Å². The van der Waals surface area contributed by atoms with Crippen molar-refractivity contribution in [2.24, 2.45) is 0 Å². The molecule has 1 heterocycles. The van der Waals surface area contributed by atoms with Gasteiger partial charge in [-0.15, -0.1) is 0 Å². The summed E-state index contributed by atoms with van der Waals surface area (Å²) >= 11 is 6.03. The number of hydrogen-bond donors (Lipinski definition) is 1. The van der Waals surface area contributed by atoms with Crippen LogP contribution < -0.4 is 5.32 Å². The number of rotatable bonds is 4. The van der Waals surface area contributed by atoms with E-state index in [2.05, 4.69) is 5.32 Å². The molecule has 0 aliphatic heterocycles. The van der Waals surface area contributed by atoms with E-state index < -0.39 is 18.0 Å². The number of anilines is 1. The minimum Gasteiger partial charge on any atom is -0.465 e. The summed E-state index contributed by atoms with van der Waals surface area (Å²) < 4.78 is 10.7. The van der Waals surface area contributed by atoms with Gasteiger partial charge in [0.05, 0.1) is 0 Å². The van der Waals surface area contributed by atoms with Crippen LogP contribution in [0.3, 0.4) is 0 Å². The lowest BCUT2D eigenvalue weighted by molar-refractivity contribution is -0.123. The molecular weight excluding hydrogens is 330 g/mol. The van der Waals surface area contributed by atoms with Gasteiger partial charge in [0.2, 0.25) is 0 Å². The molecule has 2 rings (SSSR count). The number of benzene rings is 1. The first-order chi connectivity index (χ1) is 11.2. The number of hydrogen-bond acceptors (Lipinski definition) is 4. The fraction of sp³-hybridized carbons (Fsp3) is 0.333. The van der Waals surface area contributed by atoms with Crippen molar-refractivity contribution < 1.29 is 18.7 Å². The summed E-state index contributed by atoms with van der Waals surface area (Å²) in [4.78, 5) is 24.6. The molecule has 128 valence electrons. The van der Waals surface area contributed by atoms with E-state index in [9.17, 15) is 9.59 Å². The third kappa shape index (κ3) is 3.62. The van der Waals surface area contributed by atoms with Crippen LogP contribution in [0.1, 0.15) is 39.9 Å². The Kier molecular flexibility index (Phi) is 5.34. The minimum absolute atomic E-state index is 0.367. The lowest BCUT2D eigenvalue weighted by atomic mass is 10.1. The normalized spacial score (nSPS) is 11.9. The average Bonchev–Trinajstić information content (AvgIpc) is 2.76. The standard InChI is InChI=1S/C18H20ClNO4/c1-9-11(3)23-12(4)16(9)18(22)24-13(5)17(21)20-15-8-6-7-14(19)10(15)2/h6-8,13H,1-5H3,(H,20,21)/t13-/m0/s1. The summed E-state index contributed by atoms with van der Waals surface area (Å²) in [6.07, 6.45) is -0.954. The van der Waals surface area contributed by atoms with Crippen LogP contribution >= 0.6 is 11.6 Å². The molecule has 1 amide bonds. The number of halogens is 1. The molecule has 0 unspecified atom stereocenters. The van der Waals surface area contributed by atoms with E-state index in [4.69, 9.17) is 20.8 Å². The molecule has 0 bridgehead atoms. The molecular formula is C18H20ClNO4. The van der Waals surface area contributed by atoms with E-state index in [-0.39, 0.29) is 0 Å². The first-order valence-corrected chi connectivity index (χ1v) is 7.93. The Labute approximate surface area is 145 Å². The highest BCUT2D eigenvalue weighted by molar-refractivity contribution is 6.31. The molecule has 2 aromatic rings. The van der Waals surface area contributed by atoms with Gasteiger partial charge in [0, 0.05) is 16.3 Å². The summed E-state index contributed by atoms with van der Waals surface area (Å²) in [5.74, 6) is 0.135. The summed E-state index contributed by atoms with van der Waals surface area (Å²) in [5, 5.41) is 3.27. The molecule has 1 aromatic carbocycles. The van der Waals surface area contributed by atoms with Crippen LogP contribution in [-0.2, 0) is 9.53 Å². The largest absolute Gasteiger partial charge is 0.465 e. The maximum atomic E-state index is 12.3. The van der Waals surface area contributed by atoms with Crippen molar-refractivity contribution in [3.8, 4) is 0 Å². The first kappa shape index (κ1) is 18.1. The number of carbonyl (C=O) groups is 2. The highest BCUT2D eigenvalue weighted by Gasteiger charge is 2.24. The molecule has 0 radical (unpaired) electrons. The molecule has 24 heavy (non-hydrogen) atoms. The molecule has 1 aromatic heterocycles. The number of amides is 1. The van der Waals surface area contributed by atoms with Crippen LogP contribution in [0.15, 0.2) is 22.6 Å². The fourth-order valence-electron chi connectivity index (χ4n) is 2.34. The molecule has 5 nitrogen and oxygen atoms in total. The van der Waals surface area contributed by atoms with Crippen LogP contribution in [0.25, 0.3) is 0 Å². The average molecular weight is 350 g/mol. The second-order valence-electron chi connectivity index (χ2n) is 5.66. The summed E-state index contributed by atoms with van der Waals surface area (Å²) in [5.41, 5.74) is 2.42. The number of furan rings is 1. The molecule has 6 heteroatoms. The van der Waals surface area contributed by atoms with E-state index in [1.54, 1.807) is 45.9 Å². The Hall–Kier alpha value is -2.27. The van der Waals surface area contributed by atoms with Gasteiger partial charge in [-0.25, -0.2) is 4.79 Å². The van der Waals surface area contributed by atoms with Crippen molar-refractivity contribution in [1.29, 1.82) is 0 Å². The van der Waals surface area contributed by atoms with Gasteiger partial charge in [-0.2, -0.15) is 0 Å². The number of nitrogens with one attached hydrogen (secondary N) is 1. The van der Waals surface area contributed by atoms with Crippen LogP contribution in [0.4, 0.5) is 5.69 Å². The highest BCUT2D eigenvalue weighted by atomic mass is 35.5. The van der Waals surface area contributed by atoms with Gasteiger partial charge < -0.3 is 14.5 Å². The molecule has 0 saturated heterocycles. The smallest absolute Gasteiger partial charge is 0.342 e. The van der Waals surface area contributed by atoms with Crippen molar-refractivity contribution in [2.75, 3.05) is 5.32 Å². The molecule has 1 N–H and O–H groups in total. The van der Waals surface area contributed by atoms with Gasteiger partial charge in [0.15, 0.2) is 6.10 Å². The quantitative estimate of drug-likeness (QED) is 0.833. The lowest BCUT2D eigenvalue weighted by Crippen LogP contribution is -2.30. The predicted molar refractivity (Wildman–Crippen MR) is 92.6 cm³/mol. The molecule has 0 spiro atoms. The topological polar surface area (TPSA) is 68.5 Å². The number of aryl methyl sites for hydroxylation is 2. The first-order valence-electron chi connectivity index (χ1n) is 7.56. The van der Waals surface area contributed by atoms with Crippen LogP contribution in [-0.4, -0.2) is 18.0 Å². The Morgan fingerprint density at radius 3 is 2.38 bits per heavy atom. The molecule has 0 aliphatic rings. The van der Waals surface area contributed by atoms with Crippen LogP contribution in [0.2, 0.25) is 5.02 Å². The lowest BCUT2D eigenvalue weighted by Gasteiger charge is -2.15. The molecule has 1 atom stereocenters. The van der Waals surface area contributed by atoms with E-state index in [0.717, 1.165) is 11.1 Å². The summed E-state index contributed by atoms with van der Waals surface area (Å²) in [6, 6.07) is 5.22. The third-order valence-electron chi connectivity index (χ3n) is 3.94. The molecule has 0 saturated carbocycles. The zero-order valence-electron chi connectivity index (χ0n) is 14.3. The van der Waals surface area contributed by atoms with E-state index >= 15 is 0 Å². The van der Waals surface area contributed by atoms with Gasteiger partial charge in [0.1, 0.15) is 17.1 Å². The fourth-order valence-corrected chi connectivity index (χ4v) is 2.52. The van der Waals surface area contributed by atoms with Crippen molar-refractivity contribution in [3.63, 3.8) is 0 Å². The number of esters is 1. The monoisotopic (exact) mass is 349 g/mol. The van der Waals surface area contributed by atoms with Gasteiger partial charge in [-0.05, 0) is 52.3 Å². The second kappa shape index (κ2) is 7.09. The van der Waals surface area contributed by atoms with E-state index in [1.165, 1.54) is 6.92 Å². The molecule has 0 fully saturated rings. The Balaban J connectivity index is 2.09. The van der Waals surface area contributed by atoms with E-state index in [0.29, 0.717) is 27.8 Å². The Morgan fingerprint density at radius 1 is 1.12 bits per heavy atom. The van der Waals surface area contributed by atoms with Crippen LogP contribution in [0, 0.1) is 27.7 Å². The molecule has 0 aliphatic carbocycles. The third-order valence-corrected chi connectivity index (χ3v) is 4.35. The van der Waals surface area contributed by atoms with Gasteiger partial charge in [0.25, 0.3) is 5.91 Å².